The first-order chi connectivity index (χ1) is 38.8. The van der Waals surface area contributed by atoms with Crippen LogP contribution in [0, 0.1) is 0 Å². The van der Waals surface area contributed by atoms with Crippen LogP contribution in [0.2, 0.25) is 0 Å². The van der Waals surface area contributed by atoms with Crippen LogP contribution in [0.25, 0.3) is 154 Å². The number of hydrogen-bond acceptors (Lipinski definition) is 0. The molecule has 0 aliphatic heterocycles. The van der Waals surface area contributed by atoms with E-state index in [0.29, 0.717) is 0 Å². The lowest BCUT2D eigenvalue weighted by atomic mass is 9.76. The van der Waals surface area contributed by atoms with Gasteiger partial charge in [-0.1, -0.05) is 303 Å². The molecule has 15 rings (SSSR count). The van der Waals surface area contributed by atoms with Crippen molar-refractivity contribution < 1.29 is 0 Å². The first kappa shape index (κ1) is 45.3. The largest absolute Gasteiger partial charge is 0.0616 e. The Labute approximate surface area is 454 Å². The Bertz CT molecular complexity index is 4840. The van der Waals surface area contributed by atoms with Crippen LogP contribution < -0.4 is 0 Å². The van der Waals surface area contributed by atoms with Crippen molar-refractivity contribution in [2.24, 2.45) is 0 Å². The second kappa shape index (κ2) is 18.9. The molecule has 15 aromatic carbocycles. The lowest BCUT2D eigenvalue weighted by Crippen LogP contribution is -1.99. The lowest BCUT2D eigenvalue weighted by molar-refractivity contribution is 1.58. The molecule has 0 aliphatic carbocycles. The minimum absolute atomic E-state index is 1.17. The molecular weight excluding hydrogens is 937 g/mol. The van der Waals surface area contributed by atoms with Gasteiger partial charge in [0.05, 0.1) is 0 Å². The van der Waals surface area contributed by atoms with Crippen LogP contribution in [0.3, 0.4) is 0 Å². The molecule has 0 saturated heterocycles. The van der Waals surface area contributed by atoms with E-state index in [4.69, 9.17) is 0 Å². The molecule has 0 amide bonds. The van der Waals surface area contributed by atoms with E-state index in [-0.39, 0.29) is 0 Å². The van der Waals surface area contributed by atoms with Crippen LogP contribution in [-0.4, -0.2) is 0 Å². The molecule has 0 fully saturated rings. The Morgan fingerprint density at radius 2 is 0.359 bits per heavy atom. The zero-order valence-corrected chi connectivity index (χ0v) is 42.9. The zero-order valence-electron chi connectivity index (χ0n) is 42.9. The second-order valence-electron chi connectivity index (χ2n) is 20.5. The van der Waals surface area contributed by atoms with E-state index in [1.807, 2.05) is 0 Å². The molecular formula is C78H50. The summed E-state index contributed by atoms with van der Waals surface area (Å²) in [5.74, 6) is 0. The van der Waals surface area contributed by atoms with Gasteiger partial charge in [0.15, 0.2) is 0 Å². The van der Waals surface area contributed by atoms with Crippen molar-refractivity contribution in [2.45, 2.75) is 0 Å². The fraction of sp³-hybridized carbons (Fsp3) is 0. The van der Waals surface area contributed by atoms with Crippen molar-refractivity contribution in [1.29, 1.82) is 0 Å². The highest BCUT2D eigenvalue weighted by atomic mass is 14.3. The summed E-state index contributed by atoms with van der Waals surface area (Å²) in [5.41, 5.74) is 19.1. The first-order valence-electron chi connectivity index (χ1n) is 27.1. The Balaban J connectivity index is 1.17. The molecule has 362 valence electrons. The summed E-state index contributed by atoms with van der Waals surface area (Å²) in [4.78, 5) is 0. The predicted octanol–water partition coefficient (Wildman–Crippen LogP) is 21.9. The minimum Gasteiger partial charge on any atom is -0.0616 e. The zero-order chi connectivity index (χ0) is 51.5. The van der Waals surface area contributed by atoms with Gasteiger partial charge in [-0.25, -0.2) is 0 Å². The van der Waals surface area contributed by atoms with Crippen molar-refractivity contribution in [3.8, 4) is 89.0 Å². The summed E-state index contributed by atoms with van der Waals surface area (Å²) in [6.07, 6.45) is 0. The second-order valence-corrected chi connectivity index (χ2v) is 20.5. The normalized spacial score (nSPS) is 11.6. The van der Waals surface area contributed by atoms with Gasteiger partial charge in [0.1, 0.15) is 0 Å². The third-order valence-corrected chi connectivity index (χ3v) is 16.3. The van der Waals surface area contributed by atoms with Crippen molar-refractivity contribution in [2.75, 3.05) is 0 Å². The van der Waals surface area contributed by atoms with E-state index in [1.165, 1.54) is 154 Å². The first-order valence-corrected chi connectivity index (χ1v) is 27.1. The van der Waals surface area contributed by atoms with Gasteiger partial charge in [0, 0.05) is 0 Å². The Hall–Kier alpha value is -10.1. The molecule has 0 saturated carbocycles. The summed E-state index contributed by atoms with van der Waals surface area (Å²) in [6, 6.07) is 113. The standard InChI is InChI=1S/C78H50/c1-5-31-55-51(23-1)27-19-45-59(55)63-35-9-10-39-67(63)73-49-50-74-75(68-40-14-11-36-64(68)60-46-20-28-52-24-2-6-32-56(52)60)71-43-17-18-44-72(71)76(69-41-15-12-37-65(69)61-47-21-29-53-25-3-7-33-57(53)61)78(74)77(73)70-42-16-13-38-66(70)62-48-22-30-54-26-4-8-34-58(54)62/h1-50H. The SMILES string of the molecule is c1ccc(-c2cccc3ccccc23)c(-c2ccc3c(-c4ccccc4-c4cccc5ccccc45)c4ccccc4c(-c4ccccc4-c4cccc5ccccc45)c3c2-c2ccccc2-c2cccc3ccccc23)c1. The third-order valence-electron chi connectivity index (χ3n) is 16.3. The fourth-order valence-electron chi connectivity index (χ4n) is 12.9. The molecule has 0 aromatic heterocycles. The smallest absolute Gasteiger partial charge is 0.000741 e. The summed E-state index contributed by atoms with van der Waals surface area (Å²) >= 11 is 0. The van der Waals surface area contributed by atoms with Crippen LogP contribution in [0.1, 0.15) is 0 Å². The fourth-order valence-corrected chi connectivity index (χ4v) is 12.9. The summed E-state index contributed by atoms with van der Waals surface area (Å²) < 4.78 is 0. The van der Waals surface area contributed by atoms with Crippen molar-refractivity contribution in [1.82, 2.24) is 0 Å². The minimum atomic E-state index is 1.17. The predicted molar refractivity (Wildman–Crippen MR) is 335 cm³/mol. The Kier molecular flexibility index (Phi) is 11.0. The number of hydrogen-bond donors (Lipinski definition) is 0. The highest BCUT2D eigenvalue weighted by Crippen LogP contribution is 2.55. The average Bonchev–Trinajstić information content (AvgIpc) is 3.70. The Morgan fingerprint density at radius 3 is 0.744 bits per heavy atom. The Morgan fingerprint density at radius 1 is 0.115 bits per heavy atom. The monoisotopic (exact) mass is 986 g/mol. The number of benzene rings is 15. The van der Waals surface area contributed by atoms with Crippen LogP contribution in [0.4, 0.5) is 0 Å². The number of fused-ring (bicyclic) bond motifs is 6. The molecule has 78 heavy (non-hydrogen) atoms. The van der Waals surface area contributed by atoms with Gasteiger partial charge in [-0.05, 0) is 154 Å². The topological polar surface area (TPSA) is 0 Å². The average molecular weight is 987 g/mol. The van der Waals surface area contributed by atoms with Crippen LogP contribution in [-0.2, 0) is 0 Å². The molecule has 0 nitrogen and oxygen atoms in total. The third kappa shape index (κ3) is 7.37. The maximum absolute atomic E-state index is 2.46. The molecule has 0 aliphatic rings. The van der Waals surface area contributed by atoms with Gasteiger partial charge in [0.2, 0.25) is 0 Å². The molecule has 15 aromatic rings. The molecule has 0 heterocycles. The van der Waals surface area contributed by atoms with Crippen molar-refractivity contribution in [3.05, 3.63) is 303 Å². The van der Waals surface area contributed by atoms with Gasteiger partial charge < -0.3 is 0 Å². The van der Waals surface area contributed by atoms with Crippen LogP contribution >= 0.6 is 0 Å². The van der Waals surface area contributed by atoms with E-state index in [0.717, 1.165) is 0 Å². The van der Waals surface area contributed by atoms with Gasteiger partial charge >= 0.3 is 0 Å². The highest BCUT2D eigenvalue weighted by Gasteiger charge is 2.28. The molecule has 0 N–H and O–H groups in total. The maximum atomic E-state index is 2.46. The van der Waals surface area contributed by atoms with Crippen molar-refractivity contribution in [3.63, 3.8) is 0 Å². The van der Waals surface area contributed by atoms with Crippen LogP contribution in [0.5, 0.6) is 0 Å². The molecule has 0 unspecified atom stereocenters. The van der Waals surface area contributed by atoms with Crippen molar-refractivity contribution >= 4 is 64.6 Å². The molecule has 0 heteroatoms. The molecule has 0 bridgehead atoms. The summed E-state index contributed by atoms with van der Waals surface area (Å²) in [6.45, 7) is 0. The van der Waals surface area contributed by atoms with Gasteiger partial charge in [-0.3, -0.25) is 0 Å². The van der Waals surface area contributed by atoms with Gasteiger partial charge in [-0.2, -0.15) is 0 Å². The van der Waals surface area contributed by atoms with E-state index >= 15 is 0 Å². The van der Waals surface area contributed by atoms with E-state index in [9.17, 15) is 0 Å². The highest BCUT2D eigenvalue weighted by molar-refractivity contribution is 6.29. The maximum Gasteiger partial charge on any atom is -0.000741 e. The van der Waals surface area contributed by atoms with Crippen LogP contribution in [0.15, 0.2) is 303 Å². The van der Waals surface area contributed by atoms with Gasteiger partial charge in [-0.15, -0.1) is 0 Å². The quantitative estimate of drug-likeness (QED) is 0.133. The molecule has 0 spiro atoms. The van der Waals surface area contributed by atoms with E-state index in [1.54, 1.807) is 0 Å². The van der Waals surface area contributed by atoms with Gasteiger partial charge in [0.25, 0.3) is 0 Å². The van der Waals surface area contributed by atoms with E-state index in [2.05, 4.69) is 303 Å². The molecule has 0 radical (unpaired) electrons. The summed E-state index contributed by atoms with van der Waals surface area (Å²) in [7, 11) is 0. The van der Waals surface area contributed by atoms with E-state index < -0.39 is 0 Å². The lowest BCUT2D eigenvalue weighted by Gasteiger charge is -2.26. The number of rotatable bonds is 8. The molecule has 0 atom stereocenters. The summed E-state index contributed by atoms with van der Waals surface area (Å²) in [5, 5.41) is 14.6.